The molecule has 4 N–H and O–H groups in total. The third-order valence-electron chi connectivity index (χ3n) is 3.27. The Bertz CT molecular complexity index is 639. The number of carboxylic acids is 2. The maximum Gasteiger partial charge on any atom is 0.408 e. The minimum Gasteiger partial charge on any atom is -0.481 e. The van der Waals surface area contributed by atoms with Crippen molar-refractivity contribution in [2.24, 2.45) is 0 Å². The first-order chi connectivity index (χ1) is 12.3. The summed E-state index contributed by atoms with van der Waals surface area (Å²) in [6, 6.07) is 6.30. The highest BCUT2D eigenvalue weighted by molar-refractivity contribution is 7.80. The van der Waals surface area contributed by atoms with Crippen LogP contribution < -0.4 is 10.6 Å². The Morgan fingerprint density at radius 1 is 1.04 bits per heavy atom. The second-order valence-corrected chi connectivity index (χ2v) is 5.64. The third kappa shape index (κ3) is 7.88. The predicted molar refractivity (Wildman–Crippen MR) is 93.8 cm³/mol. The van der Waals surface area contributed by atoms with Gasteiger partial charge in [0.05, 0.1) is 0 Å². The number of thiol groups is 1. The van der Waals surface area contributed by atoms with Crippen molar-refractivity contribution in [1.82, 2.24) is 10.6 Å². The molecule has 142 valence electrons. The van der Waals surface area contributed by atoms with E-state index in [1.165, 1.54) is 0 Å². The molecule has 9 nitrogen and oxygen atoms in total. The molecule has 1 aromatic carbocycles. The average molecular weight is 384 g/mol. The van der Waals surface area contributed by atoms with E-state index in [4.69, 9.17) is 14.9 Å². The molecule has 0 radical (unpaired) electrons. The van der Waals surface area contributed by atoms with Crippen molar-refractivity contribution in [3.05, 3.63) is 35.9 Å². The largest absolute Gasteiger partial charge is 0.481 e. The number of ether oxygens (including phenoxy) is 1. The van der Waals surface area contributed by atoms with Crippen molar-refractivity contribution < 1.29 is 34.1 Å². The summed E-state index contributed by atoms with van der Waals surface area (Å²) in [6.07, 6.45) is -1.53. The van der Waals surface area contributed by atoms with Gasteiger partial charge in [0, 0.05) is 12.2 Å². The number of carbonyl (C=O) groups excluding carboxylic acids is 2. The van der Waals surface area contributed by atoms with E-state index >= 15 is 0 Å². The molecule has 0 saturated carbocycles. The quantitative estimate of drug-likeness (QED) is 0.373. The molecule has 0 aliphatic carbocycles. The summed E-state index contributed by atoms with van der Waals surface area (Å²) in [7, 11) is 0. The zero-order chi connectivity index (χ0) is 19.5. The highest BCUT2D eigenvalue weighted by Crippen LogP contribution is 2.03. The van der Waals surface area contributed by atoms with Crippen LogP contribution in [0.25, 0.3) is 0 Å². The van der Waals surface area contributed by atoms with Gasteiger partial charge in [-0.25, -0.2) is 9.59 Å². The molecule has 0 aromatic heterocycles. The molecule has 0 unspecified atom stereocenters. The molecule has 2 amide bonds. The summed E-state index contributed by atoms with van der Waals surface area (Å²) in [5.41, 5.74) is 0.732. The first-order valence-corrected chi connectivity index (χ1v) is 8.29. The topological polar surface area (TPSA) is 142 Å². The monoisotopic (exact) mass is 384 g/mol. The zero-order valence-electron chi connectivity index (χ0n) is 13.8. The number of carboxylic acid groups (broad SMARTS) is 2. The number of carbonyl (C=O) groups is 4. The maximum atomic E-state index is 12.2. The van der Waals surface area contributed by atoms with Gasteiger partial charge < -0.3 is 25.6 Å². The molecule has 0 bridgehead atoms. The summed E-state index contributed by atoms with van der Waals surface area (Å²) in [5.74, 6) is -3.45. The molecule has 0 heterocycles. The first kappa shape index (κ1) is 21.3. The molecule has 0 aliphatic rings. The van der Waals surface area contributed by atoms with Crippen LogP contribution in [0.3, 0.4) is 0 Å². The highest BCUT2D eigenvalue weighted by atomic mass is 32.1. The van der Waals surface area contributed by atoms with Crippen LogP contribution in [0.1, 0.15) is 18.4 Å². The highest BCUT2D eigenvalue weighted by Gasteiger charge is 2.26. The summed E-state index contributed by atoms with van der Waals surface area (Å²) in [4.78, 5) is 45.7. The van der Waals surface area contributed by atoms with E-state index in [0.717, 1.165) is 5.56 Å². The van der Waals surface area contributed by atoms with Crippen LogP contribution in [0, 0.1) is 0 Å². The third-order valence-corrected chi connectivity index (χ3v) is 3.63. The molecule has 1 aromatic rings. The fourth-order valence-corrected chi connectivity index (χ4v) is 2.15. The van der Waals surface area contributed by atoms with Gasteiger partial charge in [-0.1, -0.05) is 30.3 Å². The normalized spacial score (nSPS) is 12.5. The lowest BCUT2D eigenvalue weighted by Gasteiger charge is -2.20. The number of hydrogen-bond donors (Lipinski definition) is 5. The van der Waals surface area contributed by atoms with Crippen LogP contribution in [0.5, 0.6) is 0 Å². The van der Waals surface area contributed by atoms with Gasteiger partial charge in [-0.3, -0.25) is 9.59 Å². The van der Waals surface area contributed by atoms with Crippen molar-refractivity contribution in [1.29, 1.82) is 0 Å². The summed E-state index contributed by atoms with van der Waals surface area (Å²) < 4.78 is 4.99. The molecule has 0 fully saturated rings. The molecular weight excluding hydrogens is 364 g/mol. The number of hydrogen-bond acceptors (Lipinski definition) is 6. The second kappa shape index (κ2) is 11.0. The van der Waals surface area contributed by atoms with Gasteiger partial charge in [-0.15, -0.1) is 0 Å². The molecule has 26 heavy (non-hydrogen) atoms. The van der Waals surface area contributed by atoms with Gasteiger partial charge >= 0.3 is 18.0 Å². The van der Waals surface area contributed by atoms with Crippen molar-refractivity contribution in [3.63, 3.8) is 0 Å². The smallest absolute Gasteiger partial charge is 0.408 e. The fraction of sp³-hybridized carbons (Fsp3) is 0.375. The Morgan fingerprint density at radius 3 is 2.23 bits per heavy atom. The number of rotatable bonds is 10. The fourth-order valence-electron chi connectivity index (χ4n) is 1.90. The Balaban J connectivity index is 2.66. The van der Waals surface area contributed by atoms with Crippen molar-refractivity contribution >= 4 is 36.6 Å². The van der Waals surface area contributed by atoms with E-state index in [-0.39, 0.29) is 18.8 Å². The van der Waals surface area contributed by atoms with Gasteiger partial charge in [0.1, 0.15) is 18.7 Å². The van der Waals surface area contributed by atoms with Crippen LogP contribution >= 0.6 is 12.6 Å². The molecule has 10 heteroatoms. The minimum atomic E-state index is -1.29. The van der Waals surface area contributed by atoms with E-state index in [2.05, 4.69) is 23.3 Å². The molecule has 0 spiro atoms. The Labute approximate surface area is 155 Å². The standard InChI is InChI=1S/C16H20N2O7S/c19-13(20)7-6-11(14(21)17-12(9-26)15(22)23)18-16(24)25-8-10-4-2-1-3-5-10/h1-5,11-12,26H,6-9H2,(H,17,21)(H,18,24)(H,19,20)(H,22,23)/t11-,12-/m0/s1. The summed E-state index contributed by atoms with van der Waals surface area (Å²) >= 11 is 3.82. The van der Waals surface area contributed by atoms with E-state index in [9.17, 15) is 19.2 Å². The first-order valence-electron chi connectivity index (χ1n) is 7.66. The van der Waals surface area contributed by atoms with Crippen LogP contribution in [0.4, 0.5) is 4.79 Å². The molecule has 1 rings (SSSR count). The SMILES string of the molecule is O=C(O)CC[C@H](NC(=O)OCc1ccccc1)C(=O)N[C@@H](CS)C(=O)O. The second-order valence-electron chi connectivity index (χ2n) is 5.27. The van der Waals surface area contributed by atoms with E-state index in [0.29, 0.717) is 0 Å². The Kier molecular flexibility index (Phi) is 8.99. The van der Waals surface area contributed by atoms with Crippen LogP contribution in [-0.2, 0) is 25.7 Å². The van der Waals surface area contributed by atoms with E-state index in [1.807, 2.05) is 0 Å². The van der Waals surface area contributed by atoms with Gasteiger partial charge in [-0.05, 0) is 12.0 Å². The molecular formula is C16H20N2O7S. The molecule has 0 saturated heterocycles. The lowest BCUT2D eigenvalue weighted by atomic mass is 10.1. The average Bonchev–Trinajstić information content (AvgIpc) is 2.61. The Morgan fingerprint density at radius 2 is 1.69 bits per heavy atom. The van der Waals surface area contributed by atoms with Crippen LogP contribution in [0.2, 0.25) is 0 Å². The number of benzene rings is 1. The molecule has 0 aliphatic heterocycles. The van der Waals surface area contributed by atoms with Gasteiger partial charge in [0.15, 0.2) is 0 Å². The van der Waals surface area contributed by atoms with Crippen LogP contribution in [0.15, 0.2) is 30.3 Å². The maximum absolute atomic E-state index is 12.2. The zero-order valence-corrected chi connectivity index (χ0v) is 14.6. The van der Waals surface area contributed by atoms with Crippen molar-refractivity contribution in [2.75, 3.05) is 5.75 Å². The molecule has 2 atom stereocenters. The minimum absolute atomic E-state index is 0.0334. The van der Waals surface area contributed by atoms with Gasteiger partial charge in [-0.2, -0.15) is 12.6 Å². The van der Waals surface area contributed by atoms with Crippen molar-refractivity contribution in [3.8, 4) is 0 Å². The lowest BCUT2D eigenvalue weighted by molar-refractivity contribution is -0.142. The summed E-state index contributed by atoms with van der Waals surface area (Å²) in [5, 5.41) is 22.2. The number of alkyl carbamates (subject to hydrolysis) is 1. The van der Waals surface area contributed by atoms with Crippen molar-refractivity contribution in [2.45, 2.75) is 31.5 Å². The summed E-state index contributed by atoms with van der Waals surface area (Å²) in [6.45, 7) is -0.0334. The number of aliphatic carboxylic acids is 2. The van der Waals surface area contributed by atoms with E-state index in [1.54, 1.807) is 30.3 Å². The number of nitrogens with one attached hydrogen (secondary N) is 2. The van der Waals surface area contributed by atoms with Gasteiger partial charge in [0.2, 0.25) is 5.91 Å². The van der Waals surface area contributed by atoms with E-state index < -0.39 is 42.4 Å². The van der Waals surface area contributed by atoms with Gasteiger partial charge in [0.25, 0.3) is 0 Å². The lowest BCUT2D eigenvalue weighted by Crippen LogP contribution is -2.52. The van der Waals surface area contributed by atoms with Crippen LogP contribution in [-0.4, -0.2) is 52.0 Å². The Hall–Kier alpha value is -2.75. The predicted octanol–water partition coefficient (Wildman–Crippen LogP) is 0.645. The number of amides is 2.